The third kappa shape index (κ3) is 5.52. The van der Waals surface area contributed by atoms with Gasteiger partial charge in [-0.2, -0.15) is 0 Å². The molecule has 0 N–H and O–H groups in total. The van der Waals surface area contributed by atoms with E-state index in [1.807, 2.05) is 0 Å². The highest BCUT2D eigenvalue weighted by Gasteiger charge is 2.29. The third-order valence-electron chi connectivity index (χ3n) is 6.59. The first-order chi connectivity index (χ1) is 15.3. The molecule has 0 heteroatoms. The summed E-state index contributed by atoms with van der Waals surface area (Å²) in [5.74, 6) is 2.73. The summed E-state index contributed by atoms with van der Waals surface area (Å²) in [7, 11) is 0. The average Bonchev–Trinajstić information content (AvgIpc) is 3.09. The van der Waals surface area contributed by atoms with E-state index in [2.05, 4.69) is 126 Å². The van der Waals surface area contributed by atoms with E-state index >= 15 is 0 Å². The molecule has 0 saturated carbocycles. The molecule has 0 nitrogen and oxygen atoms in total. The van der Waals surface area contributed by atoms with Crippen LogP contribution in [0.4, 0.5) is 0 Å². The van der Waals surface area contributed by atoms with Gasteiger partial charge in [-0.15, -0.1) is 25.2 Å². The summed E-state index contributed by atoms with van der Waals surface area (Å²) in [5.41, 5.74) is 7.84. The summed E-state index contributed by atoms with van der Waals surface area (Å²) < 4.78 is 0. The lowest BCUT2D eigenvalue weighted by Crippen LogP contribution is -2.23. The highest BCUT2D eigenvalue weighted by atomic mass is 14.3. The van der Waals surface area contributed by atoms with Crippen LogP contribution in [0.5, 0.6) is 0 Å². The zero-order chi connectivity index (χ0) is 23.8. The molecule has 3 rings (SSSR count). The number of hydrogen-bond acceptors (Lipinski definition) is 0. The first-order valence-electron chi connectivity index (χ1n) is 11.3. The minimum atomic E-state index is -0.0753. The molecule has 2 aromatic rings. The monoisotopic (exact) mass is 420 g/mol. The fraction of sp³-hybridized carbons (Fsp3) is 0.312. The molecule has 0 aromatic heterocycles. The van der Waals surface area contributed by atoms with Crippen molar-refractivity contribution in [2.45, 2.75) is 64.7 Å². The molecule has 0 saturated heterocycles. The number of rotatable bonds is 6. The second kappa shape index (κ2) is 10.9. The summed E-state index contributed by atoms with van der Waals surface area (Å²) in [5, 5.41) is 0. The van der Waals surface area contributed by atoms with E-state index in [-0.39, 0.29) is 10.8 Å². The minimum absolute atomic E-state index is 0.0566. The predicted molar refractivity (Wildman–Crippen MR) is 141 cm³/mol. The molecule has 0 aliphatic heterocycles. The molecule has 2 aromatic carbocycles. The first-order valence-corrected chi connectivity index (χ1v) is 11.3. The summed E-state index contributed by atoms with van der Waals surface area (Å²) in [4.78, 5) is 0. The van der Waals surface area contributed by atoms with Crippen molar-refractivity contribution in [3.63, 3.8) is 0 Å². The van der Waals surface area contributed by atoms with Crippen LogP contribution in [0.2, 0.25) is 0 Å². The topological polar surface area (TPSA) is 0 Å². The van der Waals surface area contributed by atoms with Crippen molar-refractivity contribution in [1.29, 1.82) is 0 Å². The lowest BCUT2D eigenvalue weighted by Gasteiger charge is -2.31. The lowest BCUT2D eigenvalue weighted by atomic mass is 9.72. The molecule has 164 valence electrons. The fourth-order valence-corrected chi connectivity index (χ4v) is 4.14. The van der Waals surface area contributed by atoms with E-state index in [9.17, 15) is 0 Å². The highest BCUT2D eigenvalue weighted by molar-refractivity contribution is 5.50. The summed E-state index contributed by atoms with van der Waals surface area (Å²) in [6.45, 7) is 11.5. The minimum Gasteiger partial charge on any atom is -0.124 e. The number of hydrogen-bond donors (Lipinski definition) is 0. The van der Waals surface area contributed by atoms with Gasteiger partial charge in [0, 0.05) is 17.3 Å². The Morgan fingerprint density at radius 2 is 1.28 bits per heavy atom. The molecule has 0 radical (unpaired) electrons. The number of terminal acetylenes is 2. The Morgan fingerprint density at radius 3 is 1.78 bits per heavy atom. The van der Waals surface area contributed by atoms with Gasteiger partial charge in [-0.25, -0.2) is 0 Å². The van der Waals surface area contributed by atoms with Gasteiger partial charge in [-0.3, -0.25) is 0 Å². The molecule has 0 atom stereocenters. The standard InChI is InChI=1S/C30H34.C2H2/c1-7-11-24-16-20-26(21-17-24)30(5,6)28-13-10-9-12-27(22-28)29(3,4)25-18-14-23(8-2)15-19-25;1-2/h1,9,12-22H,8,10-11H2,2-6H3;1-2H. The molecule has 32 heavy (non-hydrogen) atoms. The van der Waals surface area contributed by atoms with Crippen LogP contribution in [-0.2, 0) is 23.7 Å². The van der Waals surface area contributed by atoms with Crippen LogP contribution < -0.4 is 0 Å². The summed E-state index contributed by atoms with van der Waals surface area (Å²) in [6.07, 6.45) is 25.6. The van der Waals surface area contributed by atoms with Crippen molar-refractivity contribution in [2.24, 2.45) is 0 Å². The fourth-order valence-electron chi connectivity index (χ4n) is 4.14. The predicted octanol–water partition coefficient (Wildman–Crippen LogP) is 7.74. The van der Waals surface area contributed by atoms with Gasteiger partial charge in [-0.1, -0.05) is 107 Å². The van der Waals surface area contributed by atoms with Crippen molar-refractivity contribution in [3.05, 3.63) is 106 Å². The van der Waals surface area contributed by atoms with Gasteiger partial charge in [0.25, 0.3) is 0 Å². The quantitative estimate of drug-likeness (QED) is 0.419. The van der Waals surface area contributed by atoms with Crippen LogP contribution in [-0.4, -0.2) is 0 Å². The Labute approximate surface area is 196 Å². The van der Waals surface area contributed by atoms with Gasteiger partial charge in [0.2, 0.25) is 0 Å². The van der Waals surface area contributed by atoms with E-state index in [0.29, 0.717) is 6.42 Å². The Kier molecular flexibility index (Phi) is 8.52. The molecular formula is C32H36. The molecular weight excluding hydrogens is 384 g/mol. The molecule has 0 amide bonds. The second-order valence-electron chi connectivity index (χ2n) is 9.28. The number of benzene rings is 2. The zero-order valence-electron chi connectivity index (χ0n) is 20.3. The molecule has 0 fully saturated rings. The molecule has 1 aliphatic rings. The van der Waals surface area contributed by atoms with Crippen molar-refractivity contribution in [2.75, 3.05) is 0 Å². The Balaban J connectivity index is 0.00000176. The molecule has 0 spiro atoms. The van der Waals surface area contributed by atoms with E-state index in [1.165, 1.54) is 33.4 Å². The number of allylic oxidation sites excluding steroid dienone is 6. The Morgan fingerprint density at radius 1 is 0.781 bits per heavy atom. The van der Waals surface area contributed by atoms with Crippen molar-refractivity contribution in [1.82, 2.24) is 0 Å². The van der Waals surface area contributed by atoms with Gasteiger partial charge in [0.15, 0.2) is 0 Å². The van der Waals surface area contributed by atoms with Crippen molar-refractivity contribution < 1.29 is 0 Å². The van der Waals surface area contributed by atoms with Crippen LogP contribution >= 0.6 is 0 Å². The van der Waals surface area contributed by atoms with E-state index < -0.39 is 0 Å². The third-order valence-corrected chi connectivity index (χ3v) is 6.59. The van der Waals surface area contributed by atoms with Gasteiger partial charge in [0.05, 0.1) is 0 Å². The highest BCUT2D eigenvalue weighted by Crippen LogP contribution is 2.39. The largest absolute Gasteiger partial charge is 0.124 e. The van der Waals surface area contributed by atoms with E-state index in [0.717, 1.165) is 12.8 Å². The maximum Gasteiger partial charge on any atom is 0.0337 e. The van der Waals surface area contributed by atoms with Crippen molar-refractivity contribution >= 4 is 0 Å². The van der Waals surface area contributed by atoms with Crippen LogP contribution in [0.1, 0.15) is 63.3 Å². The maximum atomic E-state index is 5.46. The molecule has 0 bridgehead atoms. The van der Waals surface area contributed by atoms with Gasteiger partial charge in [0.1, 0.15) is 0 Å². The van der Waals surface area contributed by atoms with Crippen LogP contribution in [0.25, 0.3) is 0 Å². The van der Waals surface area contributed by atoms with Gasteiger partial charge in [-0.05, 0) is 46.2 Å². The number of aryl methyl sites for hydroxylation is 1. The maximum absolute atomic E-state index is 5.46. The van der Waals surface area contributed by atoms with Gasteiger partial charge >= 0.3 is 0 Å². The molecule has 0 heterocycles. The zero-order valence-corrected chi connectivity index (χ0v) is 20.3. The normalized spacial score (nSPS) is 13.7. The van der Waals surface area contributed by atoms with E-state index in [1.54, 1.807) is 0 Å². The summed E-state index contributed by atoms with van der Waals surface area (Å²) in [6, 6.07) is 17.9. The lowest BCUT2D eigenvalue weighted by molar-refractivity contribution is 0.618. The smallest absolute Gasteiger partial charge is 0.0337 e. The Bertz CT molecular complexity index is 1040. The SMILES string of the molecule is C#C.C#CCc1ccc(C(C)(C)C2=CCC=CC(C(C)(C)c3ccc(CC)cc3)=C2)cc1. The van der Waals surface area contributed by atoms with Gasteiger partial charge < -0.3 is 0 Å². The van der Waals surface area contributed by atoms with Crippen LogP contribution in [0.3, 0.4) is 0 Å². The van der Waals surface area contributed by atoms with E-state index in [4.69, 9.17) is 6.42 Å². The van der Waals surface area contributed by atoms with Crippen LogP contribution in [0, 0.1) is 25.2 Å². The van der Waals surface area contributed by atoms with Crippen LogP contribution in [0.15, 0.2) is 84.0 Å². The molecule has 1 aliphatic carbocycles. The molecule has 0 unspecified atom stereocenters. The van der Waals surface area contributed by atoms with Crippen molar-refractivity contribution in [3.8, 4) is 25.2 Å². The average molecular weight is 421 g/mol. The Hall–Kier alpha value is -3.22. The second-order valence-corrected chi connectivity index (χ2v) is 9.28. The first kappa shape index (κ1) is 25.0. The summed E-state index contributed by atoms with van der Waals surface area (Å²) >= 11 is 0.